The Bertz CT molecular complexity index is 1120. The second-order valence-electron chi connectivity index (χ2n) is 5.60. The van der Waals surface area contributed by atoms with Gasteiger partial charge in [-0.2, -0.15) is 0 Å². The van der Waals surface area contributed by atoms with Gasteiger partial charge in [0, 0.05) is 24.0 Å². The van der Waals surface area contributed by atoms with Crippen LogP contribution in [0.4, 0.5) is 0 Å². The highest BCUT2D eigenvalue weighted by molar-refractivity contribution is 5.89. The summed E-state index contributed by atoms with van der Waals surface area (Å²) < 4.78 is 5.98. The first-order chi connectivity index (χ1) is 12.1. The zero-order valence-electron chi connectivity index (χ0n) is 13.0. The smallest absolute Gasteiger partial charge is 0.201 e. The lowest BCUT2D eigenvalue weighted by Crippen LogP contribution is -2.07. The summed E-state index contributed by atoms with van der Waals surface area (Å²) in [7, 11) is 0. The van der Waals surface area contributed by atoms with Crippen molar-refractivity contribution in [1.82, 2.24) is 4.98 Å². The largest absolute Gasteiger partial charge is 0.508 e. The fourth-order valence-electron chi connectivity index (χ4n) is 2.78. The number of hydrogen-bond acceptors (Lipinski definition) is 5. The molecule has 4 aromatic rings. The van der Waals surface area contributed by atoms with Gasteiger partial charge in [-0.25, -0.2) is 0 Å². The van der Waals surface area contributed by atoms with E-state index in [9.17, 15) is 15.0 Å². The van der Waals surface area contributed by atoms with E-state index in [2.05, 4.69) is 4.98 Å². The first kappa shape index (κ1) is 15.0. The summed E-state index contributed by atoms with van der Waals surface area (Å²) in [4.78, 5) is 17.1. The molecule has 0 aliphatic heterocycles. The highest BCUT2D eigenvalue weighted by Gasteiger charge is 2.18. The van der Waals surface area contributed by atoms with Gasteiger partial charge < -0.3 is 14.6 Å². The minimum Gasteiger partial charge on any atom is -0.508 e. The minimum absolute atomic E-state index is 0.0220. The van der Waals surface area contributed by atoms with E-state index in [0.717, 1.165) is 0 Å². The molecule has 122 valence electrons. The molecule has 0 spiro atoms. The summed E-state index contributed by atoms with van der Waals surface area (Å²) in [6.45, 7) is 0. The zero-order valence-corrected chi connectivity index (χ0v) is 13.0. The van der Waals surface area contributed by atoms with E-state index in [4.69, 9.17) is 4.42 Å². The van der Waals surface area contributed by atoms with E-state index in [0.29, 0.717) is 33.4 Å². The Balaban J connectivity index is 2.11. The standard InChI is InChI=1S/C20H13NO4/c22-14-3-1-12(2-4-14)18-19(24)16-6-5-15(23)11-17(16)25-20(18)13-7-9-21-10-8-13/h1-11,22-23H. The maximum atomic E-state index is 13.1. The van der Waals surface area contributed by atoms with Crippen LogP contribution in [0.15, 0.2) is 76.2 Å². The number of phenols is 2. The van der Waals surface area contributed by atoms with Crippen LogP contribution in [0.2, 0.25) is 0 Å². The summed E-state index contributed by atoms with van der Waals surface area (Å²) in [5.41, 5.74) is 1.82. The number of aromatic nitrogens is 1. The van der Waals surface area contributed by atoms with Gasteiger partial charge in [-0.15, -0.1) is 0 Å². The maximum absolute atomic E-state index is 13.1. The molecule has 0 amide bonds. The van der Waals surface area contributed by atoms with E-state index in [1.807, 2.05) is 0 Å². The minimum atomic E-state index is -0.209. The first-order valence-corrected chi connectivity index (χ1v) is 7.63. The van der Waals surface area contributed by atoms with Crippen molar-refractivity contribution < 1.29 is 14.6 Å². The van der Waals surface area contributed by atoms with Crippen molar-refractivity contribution in [3.8, 4) is 33.9 Å². The third-order valence-electron chi connectivity index (χ3n) is 3.97. The lowest BCUT2D eigenvalue weighted by Gasteiger charge is -2.11. The van der Waals surface area contributed by atoms with E-state index in [1.54, 1.807) is 36.7 Å². The SMILES string of the molecule is O=c1c(-c2ccc(O)cc2)c(-c2ccncc2)oc2cc(O)ccc12. The number of benzene rings is 2. The highest BCUT2D eigenvalue weighted by Crippen LogP contribution is 2.33. The number of hydrogen-bond donors (Lipinski definition) is 2. The number of phenolic OH excluding ortho intramolecular Hbond substituents is 2. The van der Waals surface area contributed by atoms with Crippen molar-refractivity contribution in [1.29, 1.82) is 0 Å². The van der Waals surface area contributed by atoms with Crippen LogP contribution in [0.25, 0.3) is 33.4 Å². The quantitative estimate of drug-likeness (QED) is 0.581. The molecule has 4 rings (SSSR count). The molecule has 2 aromatic heterocycles. The predicted molar refractivity (Wildman–Crippen MR) is 94.5 cm³/mol. The van der Waals surface area contributed by atoms with Crippen LogP contribution in [0.5, 0.6) is 11.5 Å². The predicted octanol–water partition coefficient (Wildman–Crippen LogP) is 3.93. The van der Waals surface area contributed by atoms with Crippen molar-refractivity contribution in [2.45, 2.75) is 0 Å². The number of nitrogens with zero attached hydrogens (tertiary/aromatic N) is 1. The maximum Gasteiger partial charge on any atom is 0.201 e. The Morgan fingerprint density at radius 3 is 2.20 bits per heavy atom. The van der Waals surface area contributed by atoms with Gasteiger partial charge in [0.15, 0.2) is 0 Å². The van der Waals surface area contributed by atoms with Crippen molar-refractivity contribution in [2.24, 2.45) is 0 Å². The molecule has 2 aromatic carbocycles. The summed E-state index contributed by atoms with van der Waals surface area (Å²) in [5, 5.41) is 19.6. The van der Waals surface area contributed by atoms with Crippen molar-refractivity contribution in [2.75, 3.05) is 0 Å². The Labute approximate surface area is 142 Å². The van der Waals surface area contributed by atoms with Crippen LogP contribution < -0.4 is 5.43 Å². The van der Waals surface area contributed by atoms with Crippen molar-refractivity contribution >= 4 is 11.0 Å². The highest BCUT2D eigenvalue weighted by atomic mass is 16.3. The van der Waals surface area contributed by atoms with Crippen LogP contribution in [-0.2, 0) is 0 Å². The first-order valence-electron chi connectivity index (χ1n) is 7.63. The monoisotopic (exact) mass is 331 g/mol. The molecule has 0 bridgehead atoms. The van der Waals surface area contributed by atoms with Gasteiger partial charge in [0.1, 0.15) is 22.8 Å². The van der Waals surface area contributed by atoms with E-state index in [1.165, 1.54) is 30.3 Å². The van der Waals surface area contributed by atoms with Gasteiger partial charge in [-0.3, -0.25) is 9.78 Å². The molecule has 0 saturated carbocycles. The third-order valence-corrected chi connectivity index (χ3v) is 3.97. The molecule has 2 N–H and O–H groups in total. The molecule has 0 fully saturated rings. The molecule has 0 saturated heterocycles. The van der Waals surface area contributed by atoms with Crippen LogP contribution in [0.1, 0.15) is 0 Å². The topological polar surface area (TPSA) is 83.6 Å². The number of aromatic hydroxyl groups is 2. The average Bonchev–Trinajstić information content (AvgIpc) is 2.63. The summed E-state index contributed by atoms with van der Waals surface area (Å²) in [6, 6.07) is 14.3. The molecule has 0 aliphatic carbocycles. The molecule has 0 aliphatic rings. The Hall–Kier alpha value is -3.60. The lowest BCUT2D eigenvalue weighted by molar-refractivity contribution is 0.474. The fraction of sp³-hybridized carbons (Fsp3) is 0. The van der Waals surface area contributed by atoms with E-state index in [-0.39, 0.29) is 16.9 Å². The van der Waals surface area contributed by atoms with Gasteiger partial charge in [0.25, 0.3) is 0 Å². The number of pyridine rings is 1. The molecule has 5 heteroatoms. The molecular weight excluding hydrogens is 318 g/mol. The zero-order chi connectivity index (χ0) is 17.4. The average molecular weight is 331 g/mol. The Morgan fingerprint density at radius 1 is 0.800 bits per heavy atom. The summed E-state index contributed by atoms with van der Waals surface area (Å²) in [5.74, 6) is 0.522. The van der Waals surface area contributed by atoms with Gasteiger partial charge >= 0.3 is 0 Å². The molecule has 0 unspecified atom stereocenters. The van der Waals surface area contributed by atoms with Crippen molar-refractivity contribution in [3.05, 3.63) is 77.2 Å². The molecule has 0 radical (unpaired) electrons. The van der Waals surface area contributed by atoms with Crippen LogP contribution in [0, 0.1) is 0 Å². The van der Waals surface area contributed by atoms with E-state index >= 15 is 0 Å². The molecule has 5 nitrogen and oxygen atoms in total. The van der Waals surface area contributed by atoms with Gasteiger partial charge in [0.2, 0.25) is 5.43 Å². The van der Waals surface area contributed by atoms with Gasteiger partial charge in [-0.05, 0) is 42.0 Å². The van der Waals surface area contributed by atoms with Gasteiger partial charge in [-0.1, -0.05) is 12.1 Å². The summed E-state index contributed by atoms with van der Waals surface area (Å²) >= 11 is 0. The Morgan fingerprint density at radius 2 is 1.48 bits per heavy atom. The third kappa shape index (κ3) is 2.61. The number of rotatable bonds is 2. The fourth-order valence-corrected chi connectivity index (χ4v) is 2.78. The normalized spacial score (nSPS) is 10.9. The second-order valence-corrected chi connectivity index (χ2v) is 5.60. The van der Waals surface area contributed by atoms with E-state index < -0.39 is 0 Å². The number of fused-ring (bicyclic) bond motifs is 1. The summed E-state index contributed by atoms with van der Waals surface area (Å²) in [6.07, 6.45) is 3.23. The molecular formula is C20H13NO4. The van der Waals surface area contributed by atoms with Crippen molar-refractivity contribution in [3.63, 3.8) is 0 Å². The van der Waals surface area contributed by atoms with Crippen LogP contribution in [-0.4, -0.2) is 15.2 Å². The molecule has 2 heterocycles. The van der Waals surface area contributed by atoms with Crippen LogP contribution >= 0.6 is 0 Å². The van der Waals surface area contributed by atoms with Crippen LogP contribution in [0.3, 0.4) is 0 Å². The lowest BCUT2D eigenvalue weighted by atomic mass is 9.98. The van der Waals surface area contributed by atoms with Gasteiger partial charge in [0.05, 0.1) is 10.9 Å². The molecule has 0 atom stereocenters. The Kier molecular flexibility index (Phi) is 3.47. The molecule has 25 heavy (non-hydrogen) atoms. The second kappa shape index (κ2) is 5.79.